The molecule has 3 rings (SSSR count). The largest absolute Gasteiger partial charge is 0.379 e. The fraction of sp³-hybridized carbons (Fsp3) is 0.312. The van der Waals surface area contributed by atoms with Crippen LogP contribution in [0.25, 0.3) is 5.69 Å². The van der Waals surface area contributed by atoms with Crippen molar-refractivity contribution in [1.82, 2.24) is 9.47 Å². The summed E-state index contributed by atoms with van der Waals surface area (Å²) < 4.78 is 7.56. The van der Waals surface area contributed by atoms with Gasteiger partial charge in [0, 0.05) is 37.2 Å². The van der Waals surface area contributed by atoms with Crippen LogP contribution in [-0.2, 0) is 11.3 Å². The van der Waals surface area contributed by atoms with Crippen molar-refractivity contribution in [3.63, 3.8) is 0 Å². The van der Waals surface area contributed by atoms with E-state index in [1.807, 2.05) is 24.3 Å². The molecule has 1 saturated heterocycles. The molecular weight excluding hydrogens is 250 g/mol. The zero-order valence-corrected chi connectivity index (χ0v) is 11.3. The molecule has 0 N–H and O–H groups in total. The highest BCUT2D eigenvalue weighted by Crippen LogP contribution is 2.16. The standard InChI is InChI=1S/C16H17N3O/c17-12-14-3-5-15(6-4-14)19-7-1-2-16(19)13-18-8-10-20-11-9-18/h1-7H,8-11,13H2. The first-order chi connectivity index (χ1) is 9.86. The summed E-state index contributed by atoms with van der Waals surface area (Å²) in [5.74, 6) is 0. The van der Waals surface area contributed by atoms with Crippen molar-refractivity contribution in [3.8, 4) is 11.8 Å². The maximum Gasteiger partial charge on any atom is 0.0991 e. The lowest BCUT2D eigenvalue weighted by Crippen LogP contribution is -2.36. The Balaban J connectivity index is 1.80. The number of nitriles is 1. The fourth-order valence-corrected chi connectivity index (χ4v) is 2.48. The average Bonchev–Trinajstić information content (AvgIpc) is 2.96. The van der Waals surface area contributed by atoms with Crippen molar-refractivity contribution in [2.75, 3.05) is 26.3 Å². The Morgan fingerprint density at radius 1 is 1.10 bits per heavy atom. The molecule has 1 aromatic carbocycles. The quantitative estimate of drug-likeness (QED) is 0.856. The van der Waals surface area contributed by atoms with Crippen LogP contribution < -0.4 is 0 Å². The molecule has 0 atom stereocenters. The SMILES string of the molecule is N#Cc1ccc(-n2cccc2CN2CCOCC2)cc1. The molecular formula is C16H17N3O. The van der Waals surface area contributed by atoms with E-state index in [-0.39, 0.29) is 0 Å². The Hall–Kier alpha value is -2.09. The summed E-state index contributed by atoms with van der Waals surface area (Å²) in [5, 5.41) is 8.85. The molecule has 0 unspecified atom stereocenters. The van der Waals surface area contributed by atoms with Crippen LogP contribution in [0.2, 0.25) is 0 Å². The van der Waals surface area contributed by atoms with Crippen LogP contribution in [-0.4, -0.2) is 35.8 Å². The second kappa shape index (κ2) is 5.91. The summed E-state index contributed by atoms with van der Waals surface area (Å²) in [4.78, 5) is 2.40. The molecule has 0 bridgehead atoms. The molecule has 2 aromatic rings. The number of hydrogen-bond acceptors (Lipinski definition) is 3. The van der Waals surface area contributed by atoms with Gasteiger partial charge >= 0.3 is 0 Å². The van der Waals surface area contributed by atoms with Gasteiger partial charge in [0.25, 0.3) is 0 Å². The van der Waals surface area contributed by atoms with Gasteiger partial charge in [0.05, 0.1) is 24.8 Å². The van der Waals surface area contributed by atoms with Gasteiger partial charge in [0.2, 0.25) is 0 Å². The van der Waals surface area contributed by atoms with Crippen LogP contribution >= 0.6 is 0 Å². The highest BCUT2D eigenvalue weighted by molar-refractivity contribution is 5.41. The number of benzene rings is 1. The predicted octanol–water partition coefficient (Wildman–Crippen LogP) is 2.18. The van der Waals surface area contributed by atoms with E-state index in [2.05, 4.69) is 33.9 Å². The van der Waals surface area contributed by atoms with Gasteiger partial charge in [-0.2, -0.15) is 5.26 Å². The van der Waals surface area contributed by atoms with E-state index in [1.165, 1.54) is 5.69 Å². The number of aromatic nitrogens is 1. The van der Waals surface area contributed by atoms with Gasteiger partial charge in [-0.15, -0.1) is 0 Å². The Morgan fingerprint density at radius 3 is 2.55 bits per heavy atom. The smallest absolute Gasteiger partial charge is 0.0991 e. The van der Waals surface area contributed by atoms with Gasteiger partial charge in [-0.05, 0) is 36.4 Å². The van der Waals surface area contributed by atoms with Crippen molar-refractivity contribution in [2.24, 2.45) is 0 Å². The third-order valence-electron chi connectivity index (χ3n) is 3.60. The van der Waals surface area contributed by atoms with E-state index >= 15 is 0 Å². The second-order valence-corrected chi connectivity index (χ2v) is 4.92. The Morgan fingerprint density at radius 2 is 1.85 bits per heavy atom. The summed E-state index contributed by atoms with van der Waals surface area (Å²) >= 11 is 0. The predicted molar refractivity (Wildman–Crippen MR) is 76.6 cm³/mol. The summed E-state index contributed by atoms with van der Waals surface area (Å²) in [6.45, 7) is 4.53. The van der Waals surface area contributed by atoms with Crippen LogP contribution in [0.4, 0.5) is 0 Å². The van der Waals surface area contributed by atoms with Gasteiger partial charge in [-0.3, -0.25) is 4.90 Å². The summed E-state index contributed by atoms with van der Waals surface area (Å²) in [6.07, 6.45) is 2.07. The number of morpholine rings is 1. The molecule has 1 aliphatic heterocycles. The van der Waals surface area contributed by atoms with Gasteiger partial charge in [-0.25, -0.2) is 0 Å². The third-order valence-corrected chi connectivity index (χ3v) is 3.60. The Labute approximate surface area is 118 Å². The average molecular weight is 267 g/mol. The van der Waals surface area contributed by atoms with Gasteiger partial charge < -0.3 is 9.30 Å². The van der Waals surface area contributed by atoms with Crippen molar-refractivity contribution < 1.29 is 4.74 Å². The van der Waals surface area contributed by atoms with Crippen LogP contribution in [0.5, 0.6) is 0 Å². The molecule has 20 heavy (non-hydrogen) atoms. The molecule has 1 aromatic heterocycles. The van der Waals surface area contributed by atoms with E-state index < -0.39 is 0 Å². The molecule has 0 saturated carbocycles. The minimum absolute atomic E-state index is 0.690. The fourth-order valence-electron chi connectivity index (χ4n) is 2.48. The van der Waals surface area contributed by atoms with Crippen molar-refractivity contribution in [2.45, 2.75) is 6.54 Å². The van der Waals surface area contributed by atoms with Crippen LogP contribution in [0.1, 0.15) is 11.3 Å². The lowest BCUT2D eigenvalue weighted by Gasteiger charge is -2.27. The molecule has 102 valence electrons. The van der Waals surface area contributed by atoms with E-state index in [0.717, 1.165) is 38.5 Å². The monoisotopic (exact) mass is 267 g/mol. The summed E-state index contributed by atoms with van der Waals surface area (Å²) in [6, 6.07) is 14.0. The molecule has 0 radical (unpaired) electrons. The van der Waals surface area contributed by atoms with Gasteiger partial charge in [-0.1, -0.05) is 0 Å². The highest BCUT2D eigenvalue weighted by Gasteiger charge is 2.13. The van der Waals surface area contributed by atoms with Crippen LogP contribution in [0, 0.1) is 11.3 Å². The lowest BCUT2D eigenvalue weighted by atomic mass is 10.2. The second-order valence-electron chi connectivity index (χ2n) is 4.92. The van der Waals surface area contributed by atoms with Crippen molar-refractivity contribution in [3.05, 3.63) is 53.9 Å². The summed E-state index contributed by atoms with van der Waals surface area (Å²) in [7, 11) is 0. The van der Waals surface area contributed by atoms with E-state index in [1.54, 1.807) is 0 Å². The zero-order valence-electron chi connectivity index (χ0n) is 11.3. The molecule has 1 aliphatic rings. The first kappa shape index (κ1) is 12.9. The van der Waals surface area contributed by atoms with Crippen LogP contribution in [0.15, 0.2) is 42.6 Å². The molecule has 4 heteroatoms. The zero-order chi connectivity index (χ0) is 13.8. The van der Waals surface area contributed by atoms with E-state index in [0.29, 0.717) is 5.56 Å². The lowest BCUT2D eigenvalue weighted by molar-refractivity contribution is 0.0334. The highest BCUT2D eigenvalue weighted by atomic mass is 16.5. The van der Waals surface area contributed by atoms with Gasteiger partial charge in [0.1, 0.15) is 0 Å². The molecule has 0 aliphatic carbocycles. The number of ether oxygens (including phenoxy) is 1. The normalized spacial score (nSPS) is 15.9. The minimum atomic E-state index is 0.690. The molecule has 0 amide bonds. The number of hydrogen-bond donors (Lipinski definition) is 0. The maximum atomic E-state index is 8.85. The minimum Gasteiger partial charge on any atom is -0.379 e. The molecule has 2 heterocycles. The third kappa shape index (κ3) is 2.74. The number of nitrogens with zero attached hydrogens (tertiary/aromatic N) is 3. The van der Waals surface area contributed by atoms with E-state index in [9.17, 15) is 0 Å². The molecule has 4 nitrogen and oxygen atoms in total. The van der Waals surface area contributed by atoms with Crippen molar-refractivity contribution >= 4 is 0 Å². The molecule has 1 fully saturated rings. The van der Waals surface area contributed by atoms with Crippen LogP contribution in [0.3, 0.4) is 0 Å². The van der Waals surface area contributed by atoms with Crippen molar-refractivity contribution in [1.29, 1.82) is 5.26 Å². The molecule has 0 spiro atoms. The topological polar surface area (TPSA) is 41.2 Å². The number of rotatable bonds is 3. The van der Waals surface area contributed by atoms with Gasteiger partial charge in [0.15, 0.2) is 0 Å². The first-order valence-electron chi connectivity index (χ1n) is 6.84. The first-order valence-corrected chi connectivity index (χ1v) is 6.84. The summed E-state index contributed by atoms with van der Waals surface area (Å²) in [5.41, 5.74) is 3.05. The Kier molecular flexibility index (Phi) is 3.82. The maximum absolute atomic E-state index is 8.85. The van der Waals surface area contributed by atoms with E-state index in [4.69, 9.17) is 10.00 Å². The Bertz CT molecular complexity index is 603.